The minimum Gasteiger partial charge on any atom is -0.377 e. The van der Waals surface area contributed by atoms with E-state index >= 15 is 0 Å². The molecule has 76 valence electrons. The molecule has 6 heteroatoms. The maximum absolute atomic E-state index is 13.3. The van der Waals surface area contributed by atoms with Crippen LogP contribution in [0.25, 0.3) is 0 Å². The zero-order valence-electron chi connectivity index (χ0n) is 7.38. The van der Waals surface area contributed by atoms with Crippen LogP contribution in [0, 0.1) is 15.9 Å². The fourth-order valence-electron chi connectivity index (χ4n) is 1.04. The minimum absolute atomic E-state index is 0.133. The standard InChI is InChI=1S/C8H8ClFN2O2/c1-2-11-8-6(12(13)14)4-3-5(9)7(8)10/h3-4,11H,2H2,1H3. The van der Waals surface area contributed by atoms with E-state index in [9.17, 15) is 14.5 Å². The van der Waals surface area contributed by atoms with Crippen LogP contribution in [0.1, 0.15) is 6.92 Å². The normalized spacial score (nSPS) is 9.93. The molecule has 4 nitrogen and oxygen atoms in total. The number of anilines is 1. The quantitative estimate of drug-likeness (QED) is 0.627. The number of benzene rings is 1. The molecule has 0 saturated carbocycles. The molecule has 0 saturated heterocycles. The molecule has 1 aromatic rings. The van der Waals surface area contributed by atoms with Gasteiger partial charge in [-0.15, -0.1) is 0 Å². The lowest BCUT2D eigenvalue weighted by atomic mass is 10.2. The van der Waals surface area contributed by atoms with Crippen molar-refractivity contribution in [3.8, 4) is 0 Å². The van der Waals surface area contributed by atoms with Crippen LogP contribution >= 0.6 is 11.6 Å². The molecule has 1 rings (SSSR count). The number of nitro benzene ring substituents is 1. The number of nitrogens with zero attached hydrogens (tertiary/aromatic N) is 1. The topological polar surface area (TPSA) is 55.2 Å². The summed E-state index contributed by atoms with van der Waals surface area (Å²) in [6, 6.07) is 2.33. The summed E-state index contributed by atoms with van der Waals surface area (Å²) in [5.41, 5.74) is -0.473. The van der Waals surface area contributed by atoms with Crippen LogP contribution in [0.15, 0.2) is 12.1 Å². The first kappa shape index (κ1) is 10.7. The Balaban J connectivity index is 3.29. The van der Waals surface area contributed by atoms with Crippen LogP contribution in [0.5, 0.6) is 0 Å². The molecule has 0 spiro atoms. The van der Waals surface area contributed by atoms with Gasteiger partial charge in [-0.1, -0.05) is 11.6 Å². The second-order valence-corrected chi connectivity index (χ2v) is 2.95. The summed E-state index contributed by atoms with van der Waals surface area (Å²) < 4.78 is 13.3. The Morgan fingerprint density at radius 1 is 1.64 bits per heavy atom. The molecule has 0 amide bonds. The van der Waals surface area contributed by atoms with E-state index in [1.807, 2.05) is 0 Å². The maximum atomic E-state index is 13.3. The molecule has 0 fully saturated rings. The molecule has 0 atom stereocenters. The van der Waals surface area contributed by atoms with Gasteiger partial charge in [-0.3, -0.25) is 10.1 Å². The molecule has 1 N–H and O–H groups in total. The van der Waals surface area contributed by atoms with Gasteiger partial charge in [-0.2, -0.15) is 0 Å². The van der Waals surface area contributed by atoms with Crippen molar-refractivity contribution in [2.75, 3.05) is 11.9 Å². The molecule has 0 bridgehead atoms. The van der Waals surface area contributed by atoms with E-state index in [1.165, 1.54) is 6.07 Å². The lowest BCUT2D eigenvalue weighted by Crippen LogP contribution is -2.03. The lowest BCUT2D eigenvalue weighted by Gasteiger charge is -2.06. The van der Waals surface area contributed by atoms with Crippen LogP contribution in [0.3, 0.4) is 0 Å². The van der Waals surface area contributed by atoms with Gasteiger partial charge in [0.2, 0.25) is 0 Å². The third-order valence-corrected chi connectivity index (χ3v) is 1.92. The molecule has 0 aliphatic carbocycles. The van der Waals surface area contributed by atoms with Crippen molar-refractivity contribution >= 4 is 23.0 Å². The van der Waals surface area contributed by atoms with Gasteiger partial charge in [0.1, 0.15) is 0 Å². The van der Waals surface area contributed by atoms with Crippen LogP contribution in [-0.4, -0.2) is 11.5 Å². The second kappa shape index (κ2) is 4.23. The highest BCUT2D eigenvalue weighted by Gasteiger charge is 2.19. The molecule has 1 aromatic carbocycles. The third kappa shape index (κ3) is 1.93. The van der Waals surface area contributed by atoms with E-state index in [0.29, 0.717) is 6.54 Å². The number of halogens is 2. The van der Waals surface area contributed by atoms with Crippen molar-refractivity contribution in [1.29, 1.82) is 0 Å². The van der Waals surface area contributed by atoms with Crippen molar-refractivity contribution in [3.05, 3.63) is 33.1 Å². The average molecular weight is 219 g/mol. The van der Waals surface area contributed by atoms with Gasteiger partial charge in [-0.25, -0.2) is 4.39 Å². The second-order valence-electron chi connectivity index (χ2n) is 2.54. The van der Waals surface area contributed by atoms with E-state index in [0.717, 1.165) is 6.07 Å². The van der Waals surface area contributed by atoms with Gasteiger partial charge in [0.05, 0.1) is 9.95 Å². The van der Waals surface area contributed by atoms with Crippen LogP contribution in [0.4, 0.5) is 15.8 Å². The third-order valence-electron chi connectivity index (χ3n) is 1.62. The molecule has 14 heavy (non-hydrogen) atoms. The Bertz CT molecular complexity index is 371. The molecule has 0 unspecified atom stereocenters. The zero-order valence-corrected chi connectivity index (χ0v) is 8.14. The molecule has 0 heterocycles. The Labute approximate surface area is 84.8 Å². The van der Waals surface area contributed by atoms with Crippen molar-refractivity contribution in [1.82, 2.24) is 0 Å². The lowest BCUT2D eigenvalue weighted by molar-refractivity contribution is -0.384. The first-order chi connectivity index (χ1) is 6.57. The van der Waals surface area contributed by atoms with E-state index in [4.69, 9.17) is 11.6 Å². The van der Waals surface area contributed by atoms with E-state index in [1.54, 1.807) is 6.92 Å². The largest absolute Gasteiger partial charge is 0.377 e. The predicted octanol–water partition coefficient (Wildman–Crippen LogP) is 2.82. The van der Waals surface area contributed by atoms with E-state index in [-0.39, 0.29) is 16.4 Å². The molecular formula is C8H8ClFN2O2. The Kier molecular flexibility index (Phi) is 3.24. The van der Waals surface area contributed by atoms with Gasteiger partial charge in [0, 0.05) is 12.6 Å². The zero-order chi connectivity index (χ0) is 10.7. The molecule has 0 radical (unpaired) electrons. The first-order valence-corrected chi connectivity index (χ1v) is 4.32. The summed E-state index contributed by atoms with van der Waals surface area (Å²) in [5.74, 6) is -0.789. The van der Waals surface area contributed by atoms with Crippen LogP contribution < -0.4 is 5.32 Å². The van der Waals surface area contributed by atoms with Gasteiger partial charge in [-0.05, 0) is 13.0 Å². The van der Waals surface area contributed by atoms with E-state index in [2.05, 4.69) is 5.32 Å². The maximum Gasteiger partial charge on any atom is 0.295 e. The smallest absolute Gasteiger partial charge is 0.295 e. The summed E-state index contributed by atoms with van der Waals surface area (Å²) in [7, 11) is 0. The predicted molar refractivity (Wildman–Crippen MR) is 52.2 cm³/mol. The number of nitro groups is 1. The fourth-order valence-corrected chi connectivity index (χ4v) is 1.20. The summed E-state index contributed by atoms with van der Waals surface area (Å²) in [5, 5.41) is 12.9. The van der Waals surface area contributed by atoms with Crippen LogP contribution in [0.2, 0.25) is 5.02 Å². The minimum atomic E-state index is -0.789. The van der Waals surface area contributed by atoms with Gasteiger partial charge in [0.25, 0.3) is 5.69 Å². The number of rotatable bonds is 3. The van der Waals surface area contributed by atoms with Gasteiger partial charge in [0.15, 0.2) is 11.5 Å². The Hall–Kier alpha value is -1.36. The van der Waals surface area contributed by atoms with Gasteiger partial charge >= 0.3 is 0 Å². The van der Waals surface area contributed by atoms with Crippen molar-refractivity contribution in [2.24, 2.45) is 0 Å². The van der Waals surface area contributed by atoms with Crippen molar-refractivity contribution in [2.45, 2.75) is 6.92 Å². The average Bonchev–Trinajstić information content (AvgIpc) is 2.13. The van der Waals surface area contributed by atoms with Crippen molar-refractivity contribution in [3.63, 3.8) is 0 Å². The Morgan fingerprint density at radius 2 is 2.29 bits per heavy atom. The summed E-state index contributed by atoms with van der Waals surface area (Å²) in [6.45, 7) is 2.10. The highest BCUT2D eigenvalue weighted by Crippen LogP contribution is 2.31. The molecule has 0 aliphatic rings. The molecule has 0 aliphatic heterocycles. The SMILES string of the molecule is CCNc1c([N+](=O)[O-])ccc(Cl)c1F. The number of nitrogens with one attached hydrogen (secondary N) is 1. The monoisotopic (exact) mass is 218 g/mol. The van der Waals surface area contributed by atoms with Crippen molar-refractivity contribution < 1.29 is 9.31 Å². The van der Waals surface area contributed by atoms with Crippen LogP contribution in [-0.2, 0) is 0 Å². The highest BCUT2D eigenvalue weighted by molar-refractivity contribution is 6.31. The first-order valence-electron chi connectivity index (χ1n) is 3.94. The number of hydrogen-bond donors (Lipinski definition) is 1. The summed E-state index contributed by atoms with van der Waals surface area (Å²) >= 11 is 5.49. The Morgan fingerprint density at radius 3 is 2.79 bits per heavy atom. The number of hydrogen-bond acceptors (Lipinski definition) is 3. The summed E-state index contributed by atoms with van der Waals surface area (Å²) in [6.07, 6.45) is 0. The fraction of sp³-hybridized carbons (Fsp3) is 0.250. The van der Waals surface area contributed by atoms with Gasteiger partial charge < -0.3 is 5.32 Å². The molecule has 0 aromatic heterocycles. The molecular weight excluding hydrogens is 211 g/mol. The van der Waals surface area contributed by atoms with E-state index < -0.39 is 10.7 Å². The highest BCUT2D eigenvalue weighted by atomic mass is 35.5. The summed E-state index contributed by atoms with van der Waals surface area (Å²) in [4.78, 5) is 9.86.